The van der Waals surface area contributed by atoms with Crippen LogP contribution in [0.1, 0.15) is 0 Å². The van der Waals surface area contributed by atoms with Gasteiger partial charge in [-0.1, -0.05) is 12.1 Å². The highest BCUT2D eigenvalue weighted by Crippen LogP contribution is 2.22. The SMILES string of the molecule is N#CC(C#N)=C(C#N)Nc1ccc2cc(-n3nc4ccccc4n3)c(=O)oc2c1. The van der Waals surface area contributed by atoms with Gasteiger partial charge in [-0.15, -0.1) is 15.0 Å². The van der Waals surface area contributed by atoms with E-state index in [1.165, 1.54) is 10.9 Å². The van der Waals surface area contributed by atoms with E-state index in [0.717, 1.165) is 0 Å². The van der Waals surface area contributed by atoms with Crippen LogP contribution >= 0.6 is 0 Å². The molecule has 0 saturated carbocycles. The Morgan fingerprint density at radius 2 is 1.66 bits per heavy atom. The van der Waals surface area contributed by atoms with Crippen LogP contribution in [0.4, 0.5) is 5.69 Å². The lowest BCUT2D eigenvalue weighted by Gasteiger charge is -2.06. The highest BCUT2D eigenvalue weighted by Gasteiger charge is 2.12. The number of fused-ring (bicyclic) bond motifs is 2. The number of nitrogens with one attached hydrogen (secondary N) is 1. The summed E-state index contributed by atoms with van der Waals surface area (Å²) in [5, 5.41) is 38.8. The average Bonchev–Trinajstić information content (AvgIpc) is 3.17. The Kier molecular flexibility index (Phi) is 4.21. The third-order valence-corrected chi connectivity index (χ3v) is 4.07. The van der Waals surface area contributed by atoms with Gasteiger partial charge in [0.2, 0.25) is 0 Å². The molecule has 0 aliphatic carbocycles. The maximum atomic E-state index is 12.5. The van der Waals surface area contributed by atoms with Crippen molar-refractivity contribution in [2.45, 2.75) is 0 Å². The van der Waals surface area contributed by atoms with Gasteiger partial charge in [0.1, 0.15) is 40.5 Å². The summed E-state index contributed by atoms with van der Waals surface area (Å²) in [4.78, 5) is 13.7. The number of benzene rings is 2. The third kappa shape index (κ3) is 3.14. The third-order valence-electron chi connectivity index (χ3n) is 4.07. The van der Waals surface area contributed by atoms with Gasteiger partial charge in [0.05, 0.1) is 0 Å². The zero-order valence-electron chi connectivity index (χ0n) is 14.6. The minimum Gasteiger partial charge on any atom is -0.421 e. The van der Waals surface area contributed by atoms with Gasteiger partial charge in [-0.2, -0.15) is 15.8 Å². The Labute approximate surface area is 162 Å². The first kappa shape index (κ1) is 17.5. The molecule has 136 valence electrons. The van der Waals surface area contributed by atoms with Gasteiger partial charge < -0.3 is 9.73 Å². The smallest absolute Gasteiger partial charge is 0.364 e. The standard InChI is InChI=1S/C20H9N7O2/c21-9-13(10-22)17(11-23)24-14-6-5-12-7-18(20(28)29-19(12)8-14)27-25-15-3-1-2-4-16(15)26-27/h1-8,24H. The predicted octanol–water partition coefficient (Wildman–Crippen LogP) is 2.76. The maximum absolute atomic E-state index is 12.5. The number of hydrogen-bond acceptors (Lipinski definition) is 8. The number of hydrogen-bond donors (Lipinski definition) is 1. The predicted molar refractivity (Wildman–Crippen MR) is 102 cm³/mol. The maximum Gasteiger partial charge on any atom is 0.364 e. The Morgan fingerprint density at radius 1 is 0.966 bits per heavy atom. The van der Waals surface area contributed by atoms with Crippen molar-refractivity contribution in [2.24, 2.45) is 0 Å². The molecule has 0 fully saturated rings. The van der Waals surface area contributed by atoms with Gasteiger partial charge in [-0.05, 0) is 30.3 Å². The Morgan fingerprint density at radius 3 is 2.28 bits per heavy atom. The van der Waals surface area contributed by atoms with Crippen molar-refractivity contribution in [3.05, 3.63) is 70.2 Å². The van der Waals surface area contributed by atoms with Crippen LogP contribution in [0.25, 0.3) is 27.7 Å². The van der Waals surface area contributed by atoms with Gasteiger partial charge in [0.15, 0.2) is 11.3 Å². The van der Waals surface area contributed by atoms with E-state index in [0.29, 0.717) is 22.1 Å². The van der Waals surface area contributed by atoms with E-state index in [1.54, 1.807) is 48.5 Å². The van der Waals surface area contributed by atoms with E-state index >= 15 is 0 Å². The fourth-order valence-electron chi connectivity index (χ4n) is 2.71. The fourth-order valence-corrected chi connectivity index (χ4v) is 2.71. The molecule has 2 aromatic heterocycles. The number of nitrogens with zero attached hydrogens (tertiary/aromatic N) is 6. The zero-order chi connectivity index (χ0) is 20.4. The lowest BCUT2D eigenvalue weighted by molar-refractivity contribution is 0.546. The van der Waals surface area contributed by atoms with Crippen LogP contribution in [-0.2, 0) is 0 Å². The van der Waals surface area contributed by atoms with Gasteiger partial charge in [-0.25, -0.2) is 4.79 Å². The zero-order valence-corrected chi connectivity index (χ0v) is 14.6. The van der Waals surface area contributed by atoms with Gasteiger partial charge in [0, 0.05) is 17.1 Å². The summed E-state index contributed by atoms with van der Waals surface area (Å²) in [6, 6.07) is 18.7. The van der Waals surface area contributed by atoms with Crippen LogP contribution in [0, 0.1) is 34.0 Å². The molecule has 9 nitrogen and oxygen atoms in total. The molecule has 0 spiro atoms. The second kappa shape index (κ2) is 6.99. The second-order valence-electron chi connectivity index (χ2n) is 5.86. The molecule has 0 aliphatic heterocycles. The number of aromatic nitrogens is 3. The van der Waals surface area contributed by atoms with E-state index in [1.807, 2.05) is 12.1 Å². The molecule has 2 heterocycles. The Hall–Kier alpha value is -4.94. The summed E-state index contributed by atoms with van der Waals surface area (Å²) in [5.74, 6) is 0. The number of rotatable bonds is 3. The molecule has 4 aromatic rings. The van der Waals surface area contributed by atoms with Crippen molar-refractivity contribution in [3.63, 3.8) is 0 Å². The molecule has 4 rings (SSSR count). The molecular weight excluding hydrogens is 370 g/mol. The second-order valence-corrected chi connectivity index (χ2v) is 5.86. The van der Waals surface area contributed by atoms with Crippen molar-refractivity contribution in [3.8, 4) is 23.9 Å². The molecule has 0 saturated heterocycles. The number of allylic oxidation sites excluding steroid dienone is 2. The first-order valence-electron chi connectivity index (χ1n) is 8.25. The van der Waals surface area contributed by atoms with Gasteiger partial charge >= 0.3 is 5.63 Å². The molecule has 29 heavy (non-hydrogen) atoms. The molecular formula is C20H9N7O2. The molecule has 1 N–H and O–H groups in total. The van der Waals surface area contributed by atoms with Crippen LogP contribution in [0.2, 0.25) is 0 Å². The Balaban J connectivity index is 1.77. The van der Waals surface area contributed by atoms with Crippen molar-refractivity contribution < 1.29 is 4.42 Å². The van der Waals surface area contributed by atoms with E-state index in [2.05, 4.69) is 15.5 Å². The van der Waals surface area contributed by atoms with Crippen LogP contribution in [-0.4, -0.2) is 15.0 Å². The Bertz CT molecular complexity index is 1440. The topological polar surface area (TPSA) is 144 Å². The molecule has 0 atom stereocenters. The van der Waals surface area contributed by atoms with Crippen molar-refractivity contribution in [2.75, 3.05) is 5.32 Å². The fraction of sp³-hybridized carbons (Fsp3) is 0. The van der Waals surface area contributed by atoms with Crippen LogP contribution in [0.5, 0.6) is 0 Å². The lowest BCUT2D eigenvalue weighted by Crippen LogP contribution is -2.12. The molecule has 0 aliphatic rings. The van der Waals surface area contributed by atoms with Crippen molar-refractivity contribution in [1.29, 1.82) is 15.8 Å². The molecule has 0 unspecified atom stereocenters. The molecule has 2 aromatic carbocycles. The van der Waals surface area contributed by atoms with Gasteiger partial charge in [0.25, 0.3) is 0 Å². The van der Waals surface area contributed by atoms with Crippen molar-refractivity contribution in [1.82, 2.24) is 15.0 Å². The van der Waals surface area contributed by atoms with Crippen LogP contribution in [0.15, 0.2) is 69.0 Å². The molecule has 9 heteroatoms. The largest absolute Gasteiger partial charge is 0.421 e. The molecule has 0 radical (unpaired) electrons. The first-order chi connectivity index (χ1) is 14.1. The number of nitriles is 3. The number of anilines is 1. The quantitative estimate of drug-likeness (QED) is 0.422. The summed E-state index contributed by atoms with van der Waals surface area (Å²) in [6.07, 6.45) is 0. The van der Waals surface area contributed by atoms with Crippen molar-refractivity contribution >= 4 is 27.7 Å². The minimum absolute atomic E-state index is 0.156. The minimum atomic E-state index is -0.638. The summed E-state index contributed by atoms with van der Waals surface area (Å²) in [5.41, 5.74) is 0.913. The van der Waals surface area contributed by atoms with Crippen LogP contribution < -0.4 is 10.9 Å². The van der Waals surface area contributed by atoms with E-state index in [-0.39, 0.29) is 22.5 Å². The summed E-state index contributed by atoms with van der Waals surface area (Å²) >= 11 is 0. The first-order valence-corrected chi connectivity index (χ1v) is 8.25. The highest BCUT2D eigenvalue weighted by molar-refractivity contribution is 5.82. The average molecular weight is 379 g/mol. The van der Waals surface area contributed by atoms with Gasteiger partial charge in [-0.3, -0.25) is 0 Å². The highest BCUT2D eigenvalue weighted by atomic mass is 16.4. The monoisotopic (exact) mass is 379 g/mol. The summed E-state index contributed by atoms with van der Waals surface area (Å²) in [7, 11) is 0. The lowest BCUT2D eigenvalue weighted by atomic mass is 10.2. The van der Waals surface area contributed by atoms with E-state index < -0.39 is 5.63 Å². The van der Waals surface area contributed by atoms with E-state index in [4.69, 9.17) is 20.2 Å². The molecule has 0 bridgehead atoms. The summed E-state index contributed by atoms with van der Waals surface area (Å²) < 4.78 is 5.39. The summed E-state index contributed by atoms with van der Waals surface area (Å²) in [6.45, 7) is 0. The van der Waals surface area contributed by atoms with E-state index in [9.17, 15) is 4.79 Å². The normalized spacial score (nSPS) is 10.1. The molecule has 0 amide bonds. The van der Waals surface area contributed by atoms with Crippen LogP contribution in [0.3, 0.4) is 0 Å².